The van der Waals surface area contributed by atoms with E-state index in [4.69, 9.17) is 0 Å². The van der Waals surface area contributed by atoms with Crippen LogP contribution in [-0.2, 0) is 0 Å². The van der Waals surface area contributed by atoms with Gasteiger partial charge in [-0.1, -0.05) is 34.6 Å². The summed E-state index contributed by atoms with van der Waals surface area (Å²) in [6.07, 6.45) is 4.54. The van der Waals surface area contributed by atoms with Crippen LogP contribution in [0.25, 0.3) is 0 Å². The van der Waals surface area contributed by atoms with E-state index in [0.29, 0.717) is 6.04 Å². The molecule has 3 heteroatoms. The van der Waals surface area contributed by atoms with E-state index in [1.165, 1.54) is 25.9 Å². The summed E-state index contributed by atoms with van der Waals surface area (Å²) in [6, 6.07) is 0.430. The van der Waals surface area contributed by atoms with Crippen LogP contribution in [0.4, 0.5) is 0 Å². The van der Waals surface area contributed by atoms with E-state index in [1.54, 1.807) is 0 Å². The van der Waals surface area contributed by atoms with Gasteiger partial charge in [-0.05, 0) is 57.2 Å². The largest absolute Gasteiger partial charge is 0.396 e. The lowest BCUT2D eigenvalue weighted by molar-refractivity contribution is 0.194. The van der Waals surface area contributed by atoms with Crippen molar-refractivity contribution in [1.29, 1.82) is 0 Å². The molecule has 0 aromatic rings. The van der Waals surface area contributed by atoms with Gasteiger partial charge in [0.15, 0.2) is 0 Å². The summed E-state index contributed by atoms with van der Waals surface area (Å²) in [5, 5.41) is 12.8. The van der Waals surface area contributed by atoms with Gasteiger partial charge in [-0.2, -0.15) is 0 Å². The second-order valence-electron chi connectivity index (χ2n) is 6.83. The number of nitrogens with one attached hydrogen (secondary N) is 1. The molecule has 0 aromatic carbocycles. The third-order valence-corrected chi connectivity index (χ3v) is 3.68. The van der Waals surface area contributed by atoms with Crippen LogP contribution < -0.4 is 5.32 Å². The highest BCUT2D eigenvalue weighted by molar-refractivity contribution is 4.73. The third-order valence-electron chi connectivity index (χ3n) is 3.68. The van der Waals surface area contributed by atoms with Gasteiger partial charge in [-0.25, -0.2) is 0 Å². The highest BCUT2D eigenvalue weighted by atomic mass is 16.3. The minimum atomic E-state index is 0.281. The van der Waals surface area contributed by atoms with Crippen LogP contribution in [0.15, 0.2) is 0 Å². The highest BCUT2D eigenvalue weighted by Crippen LogP contribution is 2.08. The molecule has 2 N–H and O–H groups in total. The zero-order chi connectivity index (χ0) is 15.4. The molecule has 0 saturated carbocycles. The Morgan fingerprint density at radius 3 is 1.90 bits per heavy atom. The van der Waals surface area contributed by atoms with Gasteiger partial charge in [-0.15, -0.1) is 0 Å². The van der Waals surface area contributed by atoms with Crippen molar-refractivity contribution in [2.75, 3.05) is 32.8 Å². The molecule has 3 nitrogen and oxygen atoms in total. The lowest BCUT2D eigenvalue weighted by atomic mass is 10.1. The molecule has 0 radical (unpaired) electrons. The van der Waals surface area contributed by atoms with Gasteiger partial charge in [0, 0.05) is 19.2 Å². The fourth-order valence-corrected chi connectivity index (χ4v) is 2.25. The summed E-state index contributed by atoms with van der Waals surface area (Å²) in [5.41, 5.74) is 0. The Morgan fingerprint density at radius 1 is 0.950 bits per heavy atom. The maximum atomic E-state index is 9.23. The Morgan fingerprint density at radius 2 is 1.50 bits per heavy atom. The van der Waals surface area contributed by atoms with Crippen LogP contribution in [0.5, 0.6) is 0 Å². The number of aliphatic hydroxyl groups is 1. The van der Waals surface area contributed by atoms with Crippen molar-refractivity contribution in [1.82, 2.24) is 10.2 Å². The predicted octanol–water partition coefficient (Wildman–Crippen LogP) is 3.13. The Hall–Kier alpha value is -0.120. The van der Waals surface area contributed by atoms with Gasteiger partial charge in [0.05, 0.1) is 0 Å². The van der Waals surface area contributed by atoms with Crippen LogP contribution in [0.1, 0.15) is 60.3 Å². The number of hydrogen-bond acceptors (Lipinski definition) is 3. The second kappa shape index (κ2) is 12.6. The van der Waals surface area contributed by atoms with Gasteiger partial charge < -0.3 is 15.3 Å². The second-order valence-corrected chi connectivity index (χ2v) is 6.83. The molecule has 0 aliphatic heterocycles. The average molecular weight is 287 g/mol. The van der Waals surface area contributed by atoms with Crippen molar-refractivity contribution in [3.05, 3.63) is 0 Å². The molecule has 0 rings (SSSR count). The van der Waals surface area contributed by atoms with E-state index in [9.17, 15) is 5.11 Å². The molecule has 0 saturated heterocycles. The normalized spacial score (nSPS) is 13.7. The standard InChI is InChI=1S/C17H38N2O/c1-6-10-18-17(9-13-20)14-19(11-7-15(2)3)12-8-16(4)5/h15-18,20H,6-14H2,1-5H3. The summed E-state index contributed by atoms with van der Waals surface area (Å²) < 4.78 is 0. The topological polar surface area (TPSA) is 35.5 Å². The molecule has 20 heavy (non-hydrogen) atoms. The molecule has 0 aliphatic carbocycles. The minimum absolute atomic E-state index is 0.281. The Kier molecular flexibility index (Phi) is 12.5. The monoisotopic (exact) mass is 286 g/mol. The van der Waals surface area contributed by atoms with Gasteiger partial charge in [0.25, 0.3) is 0 Å². The molecule has 0 amide bonds. The first kappa shape index (κ1) is 19.9. The molecule has 0 aliphatic rings. The molecule has 1 atom stereocenters. The fourth-order valence-electron chi connectivity index (χ4n) is 2.25. The SMILES string of the molecule is CCCNC(CCO)CN(CCC(C)C)CCC(C)C. The Balaban J connectivity index is 4.30. The van der Waals surface area contributed by atoms with Crippen molar-refractivity contribution in [3.8, 4) is 0 Å². The first-order chi connectivity index (χ1) is 9.49. The zero-order valence-electron chi connectivity index (χ0n) is 14.5. The van der Waals surface area contributed by atoms with E-state index in [0.717, 1.165) is 37.8 Å². The fraction of sp³-hybridized carbons (Fsp3) is 1.00. The number of nitrogens with zero attached hydrogens (tertiary/aromatic N) is 1. The quantitative estimate of drug-likeness (QED) is 0.546. The highest BCUT2D eigenvalue weighted by Gasteiger charge is 2.14. The van der Waals surface area contributed by atoms with E-state index in [-0.39, 0.29) is 6.61 Å². The van der Waals surface area contributed by atoms with Crippen LogP contribution in [0.3, 0.4) is 0 Å². The molecule has 0 heterocycles. The van der Waals surface area contributed by atoms with Crippen LogP contribution in [0, 0.1) is 11.8 Å². The minimum Gasteiger partial charge on any atom is -0.396 e. The van der Waals surface area contributed by atoms with Crippen molar-refractivity contribution in [2.24, 2.45) is 11.8 Å². The summed E-state index contributed by atoms with van der Waals surface area (Å²) >= 11 is 0. The van der Waals surface area contributed by atoms with Crippen molar-refractivity contribution < 1.29 is 5.11 Å². The first-order valence-corrected chi connectivity index (χ1v) is 8.56. The van der Waals surface area contributed by atoms with Gasteiger partial charge >= 0.3 is 0 Å². The maximum Gasteiger partial charge on any atom is 0.0446 e. The molecule has 0 spiro atoms. The lowest BCUT2D eigenvalue weighted by Crippen LogP contribution is -2.43. The number of aliphatic hydroxyl groups excluding tert-OH is 1. The van der Waals surface area contributed by atoms with Crippen molar-refractivity contribution >= 4 is 0 Å². The van der Waals surface area contributed by atoms with Crippen LogP contribution in [-0.4, -0.2) is 48.8 Å². The van der Waals surface area contributed by atoms with Crippen molar-refractivity contribution in [2.45, 2.75) is 66.3 Å². The molecule has 1 unspecified atom stereocenters. The first-order valence-electron chi connectivity index (χ1n) is 8.56. The van der Waals surface area contributed by atoms with Crippen molar-refractivity contribution in [3.63, 3.8) is 0 Å². The maximum absolute atomic E-state index is 9.23. The summed E-state index contributed by atoms with van der Waals surface area (Å²) in [6.45, 7) is 16.1. The van der Waals surface area contributed by atoms with E-state index >= 15 is 0 Å². The molecule has 0 aromatic heterocycles. The van der Waals surface area contributed by atoms with Gasteiger partial charge in [0.1, 0.15) is 0 Å². The van der Waals surface area contributed by atoms with E-state index in [2.05, 4.69) is 44.8 Å². The third kappa shape index (κ3) is 11.7. The van der Waals surface area contributed by atoms with Gasteiger partial charge in [-0.3, -0.25) is 0 Å². The Labute approximate surface area is 127 Å². The number of hydrogen-bond donors (Lipinski definition) is 2. The smallest absolute Gasteiger partial charge is 0.0446 e. The zero-order valence-corrected chi connectivity index (χ0v) is 14.5. The predicted molar refractivity (Wildman–Crippen MR) is 89.1 cm³/mol. The van der Waals surface area contributed by atoms with Gasteiger partial charge in [0.2, 0.25) is 0 Å². The molecule has 0 bridgehead atoms. The van der Waals surface area contributed by atoms with Crippen LogP contribution >= 0.6 is 0 Å². The summed E-state index contributed by atoms with van der Waals surface area (Å²) in [5.74, 6) is 1.52. The molecular weight excluding hydrogens is 248 g/mol. The summed E-state index contributed by atoms with van der Waals surface area (Å²) in [4.78, 5) is 2.59. The lowest BCUT2D eigenvalue weighted by Gasteiger charge is -2.29. The molecular formula is C17H38N2O. The van der Waals surface area contributed by atoms with E-state index < -0.39 is 0 Å². The Bertz CT molecular complexity index is 195. The van der Waals surface area contributed by atoms with Crippen LogP contribution in [0.2, 0.25) is 0 Å². The number of rotatable bonds is 13. The molecule has 0 fully saturated rings. The summed E-state index contributed by atoms with van der Waals surface area (Å²) in [7, 11) is 0. The molecule has 122 valence electrons. The van der Waals surface area contributed by atoms with E-state index in [1.807, 2.05) is 0 Å². The average Bonchev–Trinajstić information content (AvgIpc) is 2.38.